The van der Waals surface area contributed by atoms with Gasteiger partial charge in [-0.3, -0.25) is 0 Å². The summed E-state index contributed by atoms with van der Waals surface area (Å²) < 4.78 is 0. The summed E-state index contributed by atoms with van der Waals surface area (Å²) >= 11 is 0. The van der Waals surface area contributed by atoms with Crippen molar-refractivity contribution in [2.45, 2.75) is 46.1 Å². The first kappa shape index (κ1) is 12.3. The largest absolute Gasteiger partial charge is 0.324 e. The Labute approximate surface area is 93.7 Å². The van der Waals surface area contributed by atoms with Crippen LogP contribution in [0.1, 0.15) is 50.8 Å². The smallest absolute Gasteiger partial charge is 0.0297 e. The Kier molecular flexibility index (Phi) is 4.83. The summed E-state index contributed by atoms with van der Waals surface area (Å²) in [7, 11) is 0. The maximum absolute atomic E-state index is 6.12. The van der Waals surface area contributed by atoms with E-state index in [-0.39, 0.29) is 6.04 Å². The van der Waals surface area contributed by atoms with E-state index in [1.165, 1.54) is 24.0 Å². The predicted molar refractivity (Wildman–Crippen MR) is 66.8 cm³/mol. The van der Waals surface area contributed by atoms with Crippen molar-refractivity contribution in [3.05, 3.63) is 35.4 Å². The van der Waals surface area contributed by atoms with Crippen LogP contribution in [-0.4, -0.2) is 0 Å². The van der Waals surface area contributed by atoms with Crippen molar-refractivity contribution in [1.29, 1.82) is 0 Å². The first-order valence-electron chi connectivity index (χ1n) is 5.98. The molecule has 0 fully saturated rings. The molecule has 0 heterocycles. The topological polar surface area (TPSA) is 26.0 Å². The molecule has 1 heteroatoms. The van der Waals surface area contributed by atoms with E-state index in [1.54, 1.807) is 0 Å². The van der Waals surface area contributed by atoms with Gasteiger partial charge in [0.2, 0.25) is 0 Å². The molecule has 0 saturated carbocycles. The van der Waals surface area contributed by atoms with Crippen LogP contribution in [0.5, 0.6) is 0 Å². The molecule has 0 spiro atoms. The van der Waals surface area contributed by atoms with Crippen molar-refractivity contribution in [1.82, 2.24) is 0 Å². The molecule has 84 valence electrons. The van der Waals surface area contributed by atoms with Crippen LogP contribution in [-0.2, 0) is 6.42 Å². The molecule has 0 saturated heterocycles. The predicted octanol–water partition coefficient (Wildman–Crippen LogP) is 3.69. The van der Waals surface area contributed by atoms with E-state index in [4.69, 9.17) is 5.73 Å². The first-order chi connectivity index (χ1) is 7.13. The summed E-state index contributed by atoms with van der Waals surface area (Å²) in [5.74, 6) is 0.662. The van der Waals surface area contributed by atoms with Gasteiger partial charge in [0.15, 0.2) is 0 Å². The van der Waals surface area contributed by atoms with Gasteiger partial charge in [0, 0.05) is 6.04 Å². The summed E-state index contributed by atoms with van der Waals surface area (Å²) in [6.45, 7) is 6.63. The molecule has 0 amide bonds. The van der Waals surface area contributed by atoms with E-state index in [0.29, 0.717) is 5.92 Å². The highest BCUT2D eigenvalue weighted by Crippen LogP contribution is 2.19. The van der Waals surface area contributed by atoms with Crippen LogP contribution in [0.2, 0.25) is 0 Å². The molecule has 1 atom stereocenters. The number of hydrogen-bond acceptors (Lipinski definition) is 1. The van der Waals surface area contributed by atoms with Gasteiger partial charge in [-0.05, 0) is 29.9 Å². The van der Waals surface area contributed by atoms with Gasteiger partial charge < -0.3 is 5.73 Å². The van der Waals surface area contributed by atoms with Crippen LogP contribution < -0.4 is 5.73 Å². The number of aryl methyl sites for hydroxylation is 1. The minimum atomic E-state index is 0.195. The Morgan fingerprint density at radius 3 is 2.20 bits per heavy atom. The fourth-order valence-corrected chi connectivity index (χ4v) is 1.86. The van der Waals surface area contributed by atoms with Crippen molar-refractivity contribution in [3.63, 3.8) is 0 Å². The molecule has 1 unspecified atom stereocenters. The second-order valence-electron chi connectivity index (χ2n) is 4.73. The van der Waals surface area contributed by atoms with Crippen molar-refractivity contribution in [3.8, 4) is 0 Å². The highest BCUT2D eigenvalue weighted by Gasteiger charge is 2.07. The molecule has 1 aromatic rings. The molecule has 2 N–H and O–H groups in total. The summed E-state index contributed by atoms with van der Waals surface area (Å²) in [6, 6.07) is 8.97. The van der Waals surface area contributed by atoms with Crippen LogP contribution >= 0.6 is 0 Å². The molecule has 0 aliphatic heterocycles. The first-order valence-corrected chi connectivity index (χ1v) is 5.98. The van der Waals surface area contributed by atoms with Gasteiger partial charge in [-0.2, -0.15) is 0 Å². The highest BCUT2D eigenvalue weighted by molar-refractivity contribution is 5.24. The van der Waals surface area contributed by atoms with E-state index in [0.717, 1.165) is 6.42 Å². The molecule has 0 bridgehead atoms. The average molecular weight is 205 g/mol. The zero-order valence-electron chi connectivity index (χ0n) is 10.2. The molecular weight excluding hydrogens is 182 g/mol. The second-order valence-corrected chi connectivity index (χ2v) is 4.73. The minimum absolute atomic E-state index is 0.195. The van der Waals surface area contributed by atoms with Crippen molar-refractivity contribution >= 4 is 0 Å². The monoisotopic (exact) mass is 205 g/mol. The van der Waals surface area contributed by atoms with Crippen molar-refractivity contribution in [2.75, 3.05) is 0 Å². The van der Waals surface area contributed by atoms with Crippen molar-refractivity contribution in [2.24, 2.45) is 11.7 Å². The Morgan fingerprint density at radius 1 is 1.13 bits per heavy atom. The van der Waals surface area contributed by atoms with Crippen LogP contribution in [0.25, 0.3) is 0 Å². The molecule has 1 rings (SSSR count). The summed E-state index contributed by atoms with van der Waals surface area (Å²) in [5, 5.41) is 0. The van der Waals surface area contributed by atoms with E-state index in [1.807, 2.05) is 0 Å². The molecule has 0 aromatic heterocycles. The van der Waals surface area contributed by atoms with Gasteiger partial charge in [-0.25, -0.2) is 0 Å². The van der Waals surface area contributed by atoms with Gasteiger partial charge in [0.1, 0.15) is 0 Å². The van der Waals surface area contributed by atoms with Gasteiger partial charge in [-0.1, -0.05) is 51.5 Å². The normalized spacial score (nSPS) is 13.1. The van der Waals surface area contributed by atoms with Crippen LogP contribution in [0, 0.1) is 5.92 Å². The van der Waals surface area contributed by atoms with Gasteiger partial charge in [0.05, 0.1) is 0 Å². The van der Waals surface area contributed by atoms with E-state index >= 15 is 0 Å². The number of nitrogens with two attached hydrogens (primary N) is 1. The Balaban J connectivity index is 2.62. The fourth-order valence-electron chi connectivity index (χ4n) is 1.86. The lowest BCUT2D eigenvalue weighted by Gasteiger charge is -2.14. The van der Waals surface area contributed by atoms with E-state index in [2.05, 4.69) is 45.0 Å². The molecule has 15 heavy (non-hydrogen) atoms. The van der Waals surface area contributed by atoms with Gasteiger partial charge in [-0.15, -0.1) is 0 Å². The molecular formula is C14H23N. The number of rotatable bonds is 5. The molecule has 0 aliphatic carbocycles. The SMILES string of the molecule is CCCc1ccc(C(N)CC(C)C)cc1. The lowest BCUT2D eigenvalue weighted by Crippen LogP contribution is -2.12. The average Bonchev–Trinajstić information content (AvgIpc) is 2.18. The summed E-state index contributed by atoms with van der Waals surface area (Å²) in [6.07, 6.45) is 3.43. The Bertz CT molecular complexity index is 274. The minimum Gasteiger partial charge on any atom is -0.324 e. The van der Waals surface area contributed by atoms with Gasteiger partial charge >= 0.3 is 0 Å². The van der Waals surface area contributed by atoms with Crippen LogP contribution in [0.15, 0.2) is 24.3 Å². The zero-order chi connectivity index (χ0) is 11.3. The summed E-state index contributed by atoms with van der Waals surface area (Å²) in [4.78, 5) is 0. The van der Waals surface area contributed by atoms with Crippen LogP contribution in [0.3, 0.4) is 0 Å². The lowest BCUT2D eigenvalue weighted by molar-refractivity contribution is 0.510. The third-order valence-corrected chi connectivity index (χ3v) is 2.67. The molecule has 1 nitrogen and oxygen atoms in total. The summed E-state index contributed by atoms with van der Waals surface area (Å²) in [5.41, 5.74) is 8.80. The maximum atomic E-state index is 6.12. The maximum Gasteiger partial charge on any atom is 0.0297 e. The van der Waals surface area contributed by atoms with Crippen molar-refractivity contribution < 1.29 is 0 Å². The molecule has 0 radical (unpaired) electrons. The van der Waals surface area contributed by atoms with Gasteiger partial charge in [0.25, 0.3) is 0 Å². The highest BCUT2D eigenvalue weighted by atomic mass is 14.6. The number of benzene rings is 1. The lowest BCUT2D eigenvalue weighted by atomic mass is 9.96. The van der Waals surface area contributed by atoms with E-state index < -0.39 is 0 Å². The number of hydrogen-bond donors (Lipinski definition) is 1. The Hall–Kier alpha value is -0.820. The molecule has 0 aliphatic rings. The standard InChI is InChI=1S/C14H23N/c1-4-5-12-6-8-13(9-7-12)14(15)10-11(2)3/h6-9,11,14H,4-5,10,15H2,1-3H3. The Morgan fingerprint density at radius 2 is 1.73 bits per heavy atom. The molecule has 1 aromatic carbocycles. The third kappa shape index (κ3) is 4.05. The fraction of sp³-hybridized carbons (Fsp3) is 0.571. The second kappa shape index (κ2) is 5.92. The third-order valence-electron chi connectivity index (χ3n) is 2.67. The quantitative estimate of drug-likeness (QED) is 0.779. The zero-order valence-corrected chi connectivity index (χ0v) is 10.2. The van der Waals surface area contributed by atoms with E-state index in [9.17, 15) is 0 Å². The van der Waals surface area contributed by atoms with Crippen LogP contribution in [0.4, 0.5) is 0 Å².